The fourth-order valence-corrected chi connectivity index (χ4v) is 3.89. The summed E-state index contributed by atoms with van der Waals surface area (Å²) < 4.78 is 12.3. The second kappa shape index (κ2) is 8.50. The Morgan fingerprint density at radius 2 is 1.83 bits per heavy atom. The number of hydrogen-bond acceptors (Lipinski definition) is 7. The normalized spacial score (nSPS) is 10.9. The number of aromatic nitrogens is 4. The summed E-state index contributed by atoms with van der Waals surface area (Å²) in [7, 11) is 3.09. The predicted octanol–water partition coefficient (Wildman–Crippen LogP) is 4.07. The second-order valence-electron chi connectivity index (χ2n) is 6.57. The lowest BCUT2D eigenvalue weighted by Crippen LogP contribution is -2.12. The van der Waals surface area contributed by atoms with Crippen molar-refractivity contribution < 1.29 is 14.3 Å². The molecule has 0 unspecified atom stereocenters. The van der Waals surface area contributed by atoms with Gasteiger partial charge in [-0.25, -0.2) is 0 Å². The maximum Gasteiger partial charge on any atom is 0.255 e. The zero-order valence-corrected chi connectivity index (χ0v) is 17.7. The van der Waals surface area contributed by atoms with Crippen LogP contribution in [0.4, 0.5) is 5.69 Å². The number of rotatable bonds is 7. The van der Waals surface area contributed by atoms with E-state index in [1.807, 2.05) is 24.3 Å². The van der Waals surface area contributed by atoms with Crippen molar-refractivity contribution in [2.24, 2.45) is 0 Å². The highest BCUT2D eigenvalue weighted by Crippen LogP contribution is 2.29. The van der Waals surface area contributed by atoms with Gasteiger partial charge in [0.05, 0.1) is 14.2 Å². The Bertz CT molecular complexity index is 1180. The van der Waals surface area contributed by atoms with Crippen LogP contribution >= 0.6 is 11.3 Å². The summed E-state index contributed by atoms with van der Waals surface area (Å²) >= 11 is 1.49. The Morgan fingerprint density at radius 3 is 2.53 bits per heavy atom. The number of ether oxygens (including phenoxy) is 2. The van der Waals surface area contributed by atoms with Crippen LogP contribution in [0, 0.1) is 0 Å². The Kier molecular flexibility index (Phi) is 5.62. The Hall–Kier alpha value is -3.46. The van der Waals surface area contributed by atoms with Gasteiger partial charge in [-0.1, -0.05) is 18.3 Å². The minimum atomic E-state index is -0.230. The van der Waals surface area contributed by atoms with E-state index in [9.17, 15) is 4.79 Å². The van der Waals surface area contributed by atoms with E-state index in [2.05, 4.69) is 27.5 Å². The molecule has 0 aliphatic carbocycles. The van der Waals surface area contributed by atoms with Gasteiger partial charge in [-0.3, -0.25) is 4.79 Å². The van der Waals surface area contributed by atoms with E-state index in [0.29, 0.717) is 22.7 Å². The number of aryl methyl sites for hydroxylation is 1. The number of hydrogen-bond donors (Lipinski definition) is 1. The zero-order valence-electron chi connectivity index (χ0n) is 16.9. The summed E-state index contributed by atoms with van der Waals surface area (Å²) in [6.07, 6.45) is 1.83. The molecule has 0 saturated heterocycles. The van der Waals surface area contributed by atoms with E-state index < -0.39 is 0 Å². The number of nitrogens with zero attached hydrogens (tertiary/aromatic N) is 4. The molecule has 2 aromatic carbocycles. The fourth-order valence-electron chi connectivity index (χ4n) is 3.03. The van der Waals surface area contributed by atoms with E-state index in [4.69, 9.17) is 9.47 Å². The van der Waals surface area contributed by atoms with Gasteiger partial charge in [-0.05, 0) is 48.9 Å². The maximum absolute atomic E-state index is 12.6. The molecule has 0 aliphatic heterocycles. The topological polar surface area (TPSA) is 90.6 Å². The number of methoxy groups -OCH3 is 2. The van der Waals surface area contributed by atoms with Crippen molar-refractivity contribution in [3.05, 3.63) is 53.9 Å². The van der Waals surface area contributed by atoms with Gasteiger partial charge in [0.2, 0.25) is 4.96 Å². The second-order valence-corrected chi connectivity index (χ2v) is 7.53. The third kappa shape index (κ3) is 3.84. The summed E-state index contributed by atoms with van der Waals surface area (Å²) in [6.45, 7) is 2.10. The lowest BCUT2D eigenvalue weighted by atomic mass is 10.1. The van der Waals surface area contributed by atoms with Gasteiger partial charge in [0.15, 0.2) is 17.3 Å². The highest BCUT2D eigenvalue weighted by Gasteiger charge is 2.14. The molecule has 2 aromatic heterocycles. The Labute approximate surface area is 177 Å². The minimum absolute atomic E-state index is 0.230. The molecule has 8 nitrogen and oxygen atoms in total. The average molecular weight is 423 g/mol. The van der Waals surface area contributed by atoms with Gasteiger partial charge in [0, 0.05) is 23.2 Å². The van der Waals surface area contributed by atoms with Gasteiger partial charge in [-0.2, -0.15) is 9.61 Å². The molecule has 30 heavy (non-hydrogen) atoms. The van der Waals surface area contributed by atoms with Gasteiger partial charge in [-0.15, -0.1) is 10.2 Å². The quantitative estimate of drug-likeness (QED) is 0.482. The molecular formula is C21H21N5O3S. The first-order chi connectivity index (χ1) is 14.6. The predicted molar refractivity (Wildman–Crippen MR) is 116 cm³/mol. The zero-order chi connectivity index (χ0) is 21.1. The molecule has 0 saturated carbocycles. The summed E-state index contributed by atoms with van der Waals surface area (Å²) in [4.78, 5) is 13.4. The fraction of sp³-hybridized carbons (Fsp3) is 0.238. The van der Waals surface area contributed by atoms with Gasteiger partial charge in [0.1, 0.15) is 5.01 Å². The lowest BCUT2D eigenvalue weighted by molar-refractivity contribution is 0.102. The first kappa shape index (κ1) is 19.8. The number of anilines is 1. The summed E-state index contributed by atoms with van der Waals surface area (Å²) in [5.74, 6) is 1.72. The van der Waals surface area contributed by atoms with Crippen LogP contribution in [0.1, 0.15) is 29.5 Å². The van der Waals surface area contributed by atoms with Crippen LogP contribution in [0.2, 0.25) is 0 Å². The van der Waals surface area contributed by atoms with Crippen molar-refractivity contribution in [2.75, 3.05) is 19.5 Å². The van der Waals surface area contributed by atoms with Crippen LogP contribution in [0.15, 0.2) is 42.5 Å². The number of fused-ring (bicyclic) bond motifs is 1. The Morgan fingerprint density at radius 1 is 1.07 bits per heavy atom. The van der Waals surface area contributed by atoms with Crippen LogP contribution in [0.3, 0.4) is 0 Å². The molecule has 0 radical (unpaired) electrons. The standard InChI is InChI=1S/C21H21N5O3S/c1-4-5-18-23-24-21-26(18)25-20(30-21)13-6-9-15(10-7-13)22-19(27)14-8-11-16(28-2)17(12-14)29-3/h6-12H,4-5H2,1-3H3,(H,22,27). The van der Waals surface area contributed by atoms with Crippen LogP contribution in [-0.4, -0.2) is 39.9 Å². The molecule has 1 N–H and O–H groups in total. The number of nitrogens with one attached hydrogen (secondary N) is 1. The number of carbonyl (C=O) groups excluding carboxylic acids is 1. The van der Waals surface area contributed by atoms with Crippen molar-refractivity contribution >= 4 is 27.9 Å². The molecule has 0 aliphatic rings. The molecule has 1 amide bonds. The molecule has 4 aromatic rings. The van der Waals surface area contributed by atoms with Crippen LogP contribution in [0.5, 0.6) is 11.5 Å². The molecule has 4 rings (SSSR count). The molecule has 0 atom stereocenters. The monoisotopic (exact) mass is 423 g/mol. The highest BCUT2D eigenvalue weighted by molar-refractivity contribution is 7.19. The molecule has 2 heterocycles. The minimum Gasteiger partial charge on any atom is -0.493 e. The Balaban J connectivity index is 1.50. The summed E-state index contributed by atoms with van der Waals surface area (Å²) in [5, 5.41) is 16.8. The van der Waals surface area contributed by atoms with E-state index in [0.717, 1.165) is 34.2 Å². The van der Waals surface area contributed by atoms with E-state index in [-0.39, 0.29) is 5.91 Å². The van der Waals surface area contributed by atoms with Crippen molar-refractivity contribution in [3.8, 4) is 22.1 Å². The molecular weight excluding hydrogens is 402 g/mol. The van der Waals surface area contributed by atoms with Gasteiger partial charge in [0.25, 0.3) is 5.91 Å². The number of carbonyl (C=O) groups is 1. The van der Waals surface area contributed by atoms with Crippen molar-refractivity contribution in [1.82, 2.24) is 19.8 Å². The highest BCUT2D eigenvalue weighted by atomic mass is 32.1. The van der Waals surface area contributed by atoms with E-state index in [1.54, 1.807) is 29.8 Å². The van der Waals surface area contributed by atoms with Gasteiger partial charge >= 0.3 is 0 Å². The largest absolute Gasteiger partial charge is 0.493 e. The first-order valence-corrected chi connectivity index (χ1v) is 10.3. The molecule has 154 valence electrons. The van der Waals surface area contributed by atoms with Crippen molar-refractivity contribution in [3.63, 3.8) is 0 Å². The molecule has 0 bridgehead atoms. The maximum atomic E-state index is 12.6. The molecule has 9 heteroatoms. The number of benzene rings is 2. The molecule has 0 fully saturated rings. The van der Waals surface area contributed by atoms with Crippen molar-refractivity contribution in [1.29, 1.82) is 0 Å². The smallest absolute Gasteiger partial charge is 0.255 e. The summed E-state index contributed by atoms with van der Waals surface area (Å²) in [5.41, 5.74) is 2.12. The third-order valence-electron chi connectivity index (χ3n) is 4.56. The number of amides is 1. The average Bonchev–Trinajstić information content (AvgIpc) is 3.36. The molecule has 0 spiro atoms. The lowest BCUT2D eigenvalue weighted by Gasteiger charge is -2.10. The first-order valence-electron chi connectivity index (χ1n) is 9.48. The van der Waals surface area contributed by atoms with E-state index >= 15 is 0 Å². The summed E-state index contributed by atoms with van der Waals surface area (Å²) in [6, 6.07) is 12.6. The van der Waals surface area contributed by atoms with Crippen LogP contribution in [0.25, 0.3) is 15.5 Å². The third-order valence-corrected chi connectivity index (χ3v) is 5.51. The van der Waals surface area contributed by atoms with Crippen molar-refractivity contribution in [2.45, 2.75) is 19.8 Å². The van der Waals surface area contributed by atoms with E-state index in [1.165, 1.54) is 18.4 Å². The SMILES string of the molecule is CCCc1nnc2sc(-c3ccc(NC(=O)c4ccc(OC)c(OC)c4)cc3)nn12. The van der Waals surface area contributed by atoms with Gasteiger partial charge < -0.3 is 14.8 Å². The van der Waals surface area contributed by atoms with Crippen LogP contribution < -0.4 is 14.8 Å². The van der Waals surface area contributed by atoms with Crippen LogP contribution in [-0.2, 0) is 6.42 Å².